The van der Waals surface area contributed by atoms with Crippen LogP contribution in [-0.4, -0.2) is 29.3 Å². The number of halogens is 1. The highest BCUT2D eigenvalue weighted by molar-refractivity contribution is 5.98. The number of nitrogens with one attached hydrogen (secondary N) is 2. The summed E-state index contributed by atoms with van der Waals surface area (Å²) in [5, 5.41) is 6.63. The molecule has 3 aromatic carbocycles. The zero-order valence-corrected chi connectivity index (χ0v) is 21.3. The van der Waals surface area contributed by atoms with Gasteiger partial charge in [0.05, 0.1) is 17.5 Å². The van der Waals surface area contributed by atoms with Gasteiger partial charge in [0.2, 0.25) is 5.91 Å². The number of hydrogen-bond acceptors (Lipinski definition) is 3. The molecular weight excluding hydrogens is 465 g/mol. The van der Waals surface area contributed by atoms with E-state index in [4.69, 9.17) is 0 Å². The number of piperidine rings is 1. The Morgan fingerprint density at radius 1 is 0.838 bits per heavy atom. The number of benzene rings is 3. The molecule has 0 aromatic heterocycles. The van der Waals surface area contributed by atoms with Crippen molar-refractivity contribution in [2.75, 3.05) is 17.2 Å². The van der Waals surface area contributed by atoms with E-state index in [2.05, 4.69) is 10.6 Å². The SMILES string of the molecule is Cc1cccc(F)c1C(=O)N1CCC[C@H](C(=O)Nc2ccccc2)[C@@H]1c1ccc(NC2CCCC2)cc1. The topological polar surface area (TPSA) is 61.4 Å². The lowest BCUT2D eigenvalue weighted by atomic mass is 9.83. The number of hydrogen-bond donors (Lipinski definition) is 2. The van der Waals surface area contributed by atoms with Crippen LogP contribution >= 0.6 is 0 Å². The van der Waals surface area contributed by atoms with Gasteiger partial charge in [0.15, 0.2) is 0 Å². The molecule has 2 atom stereocenters. The number of anilines is 2. The van der Waals surface area contributed by atoms with Crippen LogP contribution in [0.2, 0.25) is 0 Å². The minimum atomic E-state index is -0.532. The third kappa shape index (κ3) is 5.53. The molecular formula is C31H34FN3O2. The first kappa shape index (κ1) is 25.0. The first-order chi connectivity index (χ1) is 18.0. The van der Waals surface area contributed by atoms with Crippen molar-refractivity contribution in [2.45, 2.75) is 57.5 Å². The molecule has 0 radical (unpaired) electrons. The van der Waals surface area contributed by atoms with Crippen LogP contribution in [0.3, 0.4) is 0 Å². The highest BCUT2D eigenvalue weighted by Gasteiger charge is 2.40. The Hall–Kier alpha value is -3.67. The quantitative estimate of drug-likeness (QED) is 0.396. The lowest BCUT2D eigenvalue weighted by Crippen LogP contribution is -2.46. The average Bonchev–Trinajstić information content (AvgIpc) is 3.42. The van der Waals surface area contributed by atoms with E-state index in [1.807, 2.05) is 54.6 Å². The molecule has 2 N–H and O–H groups in total. The summed E-state index contributed by atoms with van der Waals surface area (Å²) in [5.41, 5.74) is 3.31. The summed E-state index contributed by atoms with van der Waals surface area (Å²) in [6.07, 6.45) is 6.17. The largest absolute Gasteiger partial charge is 0.382 e. The van der Waals surface area contributed by atoms with Crippen molar-refractivity contribution in [3.05, 3.63) is 95.3 Å². The minimum absolute atomic E-state index is 0.0798. The molecule has 1 aliphatic carbocycles. The van der Waals surface area contributed by atoms with E-state index in [0.29, 0.717) is 31.0 Å². The lowest BCUT2D eigenvalue weighted by molar-refractivity contribution is -0.123. The van der Waals surface area contributed by atoms with Gasteiger partial charge in [0, 0.05) is 24.0 Å². The van der Waals surface area contributed by atoms with E-state index in [9.17, 15) is 14.0 Å². The third-order valence-electron chi connectivity index (χ3n) is 7.68. The summed E-state index contributed by atoms with van der Waals surface area (Å²) in [5.74, 6) is -1.49. The zero-order chi connectivity index (χ0) is 25.8. The summed E-state index contributed by atoms with van der Waals surface area (Å²) in [7, 11) is 0. The molecule has 0 bridgehead atoms. The number of para-hydroxylation sites is 1. The molecule has 1 heterocycles. The second-order valence-electron chi connectivity index (χ2n) is 10.2. The molecule has 0 unspecified atom stereocenters. The van der Waals surface area contributed by atoms with Gasteiger partial charge in [-0.25, -0.2) is 4.39 Å². The standard InChI is InChI=1S/C31H34FN3O2/c1-21-9-7-15-27(32)28(21)31(37)35-20-8-14-26(30(36)34-24-10-3-2-4-11-24)29(35)22-16-18-25(19-17-22)33-23-12-5-6-13-23/h2-4,7,9-11,15-19,23,26,29,33H,5-6,8,12-14,20H2,1H3,(H,34,36)/t26-,29-/m0/s1. The van der Waals surface area contributed by atoms with Gasteiger partial charge in [-0.2, -0.15) is 0 Å². The van der Waals surface area contributed by atoms with Crippen LogP contribution < -0.4 is 10.6 Å². The van der Waals surface area contributed by atoms with Gasteiger partial charge >= 0.3 is 0 Å². The summed E-state index contributed by atoms with van der Waals surface area (Å²) < 4.78 is 14.8. The maximum atomic E-state index is 14.8. The summed E-state index contributed by atoms with van der Waals surface area (Å²) in [6, 6.07) is 22.1. The van der Waals surface area contributed by atoms with Crippen molar-refractivity contribution >= 4 is 23.2 Å². The normalized spacial score (nSPS) is 20.0. The van der Waals surface area contributed by atoms with E-state index < -0.39 is 17.8 Å². The molecule has 6 heteroatoms. The van der Waals surface area contributed by atoms with Crippen molar-refractivity contribution in [3.8, 4) is 0 Å². The molecule has 1 saturated carbocycles. The molecule has 2 aliphatic rings. The maximum Gasteiger partial charge on any atom is 0.257 e. The number of carbonyl (C=O) groups excluding carboxylic acids is 2. The second-order valence-corrected chi connectivity index (χ2v) is 10.2. The van der Waals surface area contributed by atoms with E-state index in [-0.39, 0.29) is 17.4 Å². The monoisotopic (exact) mass is 499 g/mol. The third-order valence-corrected chi connectivity index (χ3v) is 7.68. The Bertz CT molecular complexity index is 1220. The van der Waals surface area contributed by atoms with Gasteiger partial charge in [0.1, 0.15) is 5.82 Å². The fraction of sp³-hybridized carbons (Fsp3) is 0.355. The molecule has 192 valence electrons. The van der Waals surface area contributed by atoms with E-state index in [0.717, 1.165) is 16.9 Å². The van der Waals surface area contributed by atoms with E-state index >= 15 is 0 Å². The summed E-state index contributed by atoms with van der Waals surface area (Å²) >= 11 is 0. The lowest BCUT2D eigenvalue weighted by Gasteiger charge is -2.41. The highest BCUT2D eigenvalue weighted by Crippen LogP contribution is 2.39. The highest BCUT2D eigenvalue weighted by atomic mass is 19.1. The predicted molar refractivity (Wildman–Crippen MR) is 145 cm³/mol. The van der Waals surface area contributed by atoms with Gasteiger partial charge in [-0.3, -0.25) is 9.59 Å². The van der Waals surface area contributed by atoms with Crippen molar-refractivity contribution in [1.82, 2.24) is 4.90 Å². The fourth-order valence-corrected chi connectivity index (χ4v) is 5.80. The number of nitrogens with zero attached hydrogens (tertiary/aromatic N) is 1. The smallest absolute Gasteiger partial charge is 0.257 e. The van der Waals surface area contributed by atoms with Crippen LogP contribution in [0.25, 0.3) is 0 Å². The average molecular weight is 500 g/mol. The molecule has 3 aromatic rings. The van der Waals surface area contributed by atoms with Gasteiger partial charge in [-0.15, -0.1) is 0 Å². The minimum Gasteiger partial charge on any atom is -0.382 e. The Morgan fingerprint density at radius 2 is 1.57 bits per heavy atom. The Labute approximate surface area is 218 Å². The first-order valence-electron chi connectivity index (χ1n) is 13.3. The van der Waals surface area contributed by atoms with Crippen LogP contribution in [0.5, 0.6) is 0 Å². The zero-order valence-electron chi connectivity index (χ0n) is 21.3. The Kier molecular flexibility index (Phi) is 7.54. The van der Waals surface area contributed by atoms with Crippen molar-refractivity contribution < 1.29 is 14.0 Å². The molecule has 5 rings (SSSR count). The molecule has 5 nitrogen and oxygen atoms in total. The van der Waals surface area contributed by atoms with Crippen LogP contribution in [0, 0.1) is 18.7 Å². The van der Waals surface area contributed by atoms with Crippen LogP contribution in [-0.2, 0) is 4.79 Å². The van der Waals surface area contributed by atoms with Gasteiger partial charge in [-0.1, -0.05) is 55.3 Å². The number of carbonyl (C=O) groups is 2. The predicted octanol–water partition coefficient (Wildman–Crippen LogP) is 6.72. The molecule has 0 spiro atoms. The van der Waals surface area contributed by atoms with Crippen LogP contribution in [0.15, 0.2) is 72.8 Å². The molecule has 2 amide bonds. The van der Waals surface area contributed by atoms with E-state index in [1.54, 1.807) is 24.0 Å². The Morgan fingerprint density at radius 3 is 2.27 bits per heavy atom. The molecule has 2 fully saturated rings. The molecule has 1 aliphatic heterocycles. The maximum absolute atomic E-state index is 14.8. The number of amides is 2. The molecule has 1 saturated heterocycles. The van der Waals surface area contributed by atoms with Gasteiger partial charge in [-0.05, 0) is 74.1 Å². The Balaban J connectivity index is 1.47. The van der Waals surface area contributed by atoms with Crippen molar-refractivity contribution in [2.24, 2.45) is 5.92 Å². The summed E-state index contributed by atoms with van der Waals surface area (Å²) in [4.78, 5) is 29.0. The first-order valence-corrected chi connectivity index (χ1v) is 13.3. The van der Waals surface area contributed by atoms with Crippen molar-refractivity contribution in [1.29, 1.82) is 0 Å². The fourth-order valence-electron chi connectivity index (χ4n) is 5.80. The van der Waals surface area contributed by atoms with Gasteiger partial charge < -0.3 is 15.5 Å². The number of aryl methyl sites for hydroxylation is 1. The van der Waals surface area contributed by atoms with Crippen LogP contribution in [0.4, 0.5) is 15.8 Å². The second kappa shape index (κ2) is 11.2. The van der Waals surface area contributed by atoms with E-state index in [1.165, 1.54) is 31.7 Å². The number of likely N-dealkylation sites (tertiary alicyclic amines) is 1. The number of rotatable bonds is 6. The van der Waals surface area contributed by atoms with Gasteiger partial charge in [0.25, 0.3) is 5.91 Å². The molecule has 37 heavy (non-hydrogen) atoms. The van der Waals surface area contributed by atoms with Crippen molar-refractivity contribution in [3.63, 3.8) is 0 Å². The van der Waals surface area contributed by atoms with Crippen LogP contribution in [0.1, 0.15) is 66.1 Å². The summed E-state index contributed by atoms with van der Waals surface area (Å²) in [6.45, 7) is 2.22.